The molecule has 1 unspecified atom stereocenters. The van der Waals surface area contributed by atoms with Crippen molar-refractivity contribution >= 4 is 24.3 Å². The number of methoxy groups -OCH3 is 1. The molecule has 1 saturated heterocycles. The number of carbonyl (C=O) groups is 2. The van der Waals surface area contributed by atoms with Crippen molar-refractivity contribution < 1.29 is 24.2 Å². The van der Waals surface area contributed by atoms with Crippen molar-refractivity contribution in [1.29, 1.82) is 0 Å². The Balaban J connectivity index is 0.00000300. The smallest absolute Gasteiger partial charge is 0.311 e. The van der Waals surface area contributed by atoms with E-state index in [0.29, 0.717) is 37.6 Å². The summed E-state index contributed by atoms with van der Waals surface area (Å²) < 4.78 is 10.9. The zero-order valence-corrected chi connectivity index (χ0v) is 18.1. The lowest BCUT2D eigenvalue weighted by Crippen LogP contribution is -2.40. The van der Waals surface area contributed by atoms with Crippen molar-refractivity contribution in [2.24, 2.45) is 11.3 Å². The van der Waals surface area contributed by atoms with Gasteiger partial charge in [-0.25, -0.2) is 0 Å². The molecule has 8 heteroatoms. The minimum Gasteiger partial charge on any atom is -0.493 e. The fourth-order valence-electron chi connectivity index (χ4n) is 4.67. The van der Waals surface area contributed by atoms with Gasteiger partial charge in [0.25, 0.3) is 0 Å². The van der Waals surface area contributed by atoms with Gasteiger partial charge in [0, 0.05) is 13.1 Å². The number of hydrogen-bond acceptors (Lipinski definition) is 5. The lowest BCUT2D eigenvalue weighted by Gasteiger charge is -2.23. The number of hydrogen-bond donors (Lipinski definition) is 2. The molecule has 1 saturated carbocycles. The van der Waals surface area contributed by atoms with Crippen LogP contribution in [0.15, 0.2) is 18.2 Å². The van der Waals surface area contributed by atoms with E-state index < -0.39 is 11.4 Å². The van der Waals surface area contributed by atoms with Crippen LogP contribution >= 0.6 is 12.4 Å². The number of benzene rings is 1. The Morgan fingerprint density at radius 3 is 2.76 bits per heavy atom. The number of carboxylic acid groups (broad SMARTS) is 1. The number of fused-ring (bicyclic) bond motifs is 1. The van der Waals surface area contributed by atoms with Gasteiger partial charge in [-0.3, -0.25) is 14.5 Å². The summed E-state index contributed by atoms with van der Waals surface area (Å²) in [4.78, 5) is 26.3. The third-order valence-corrected chi connectivity index (χ3v) is 6.10. The fourth-order valence-corrected chi connectivity index (χ4v) is 4.67. The van der Waals surface area contributed by atoms with Crippen LogP contribution in [0.5, 0.6) is 11.5 Å². The first-order valence-corrected chi connectivity index (χ1v) is 9.95. The quantitative estimate of drug-likeness (QED) is 0.664. The highest BCUT2D eigenvalue weighted by Crippen LogP contribution is 2.48. The van der Waals surface area contributed by atoms with E-state index in [1.54, 1.807) is 7.11 Å². The summed E-state index contributed by atoms with van der Waals surface area (Å²) in [5, 5.41) is 12.7. The largest absolute Gasteiger partial charge is 0.493 e. The van der Waals surface area contributed by atoms with Gasteiger partial charge in [-0.05, 0) is 50.3 Å². The number of carbonyl (C=O) groups excluding carboxylic acids is 1. The van der Waals surface area contributed by atoms with Crippen LogP contribution in [0, 0.1) is 11.3 Å². The molecule has 0 radical (unpaired) electrons. The molecule has 2 fully saturated rings. The Kier molecular flexibility index (Phi) is 7.77. The first-order chi connectivity index (χ1) is 13.4. The molecule has 0 aromatic heterocycles. The monoisotopic (exact) mass is 426 g/mol. The lowest BCUT2D eigenvalue weighted by atomic mass is 9.81. The van der Waals surface area contributed by atoms with Gasteiger partial charge in [-0.1, -0.05) is 12.5 Å². The number of aliphatic carboxylic acids is 1. The molecule has 2 N–H and O–H groups in total. The van der Waals surface area contributed by atoms with Crippen LogP contribution in [0.2, 0.25) is 0 Å². The molecule has 3 atom stereocenters. The van der Waals surface area contributed by atoms with Crippen LogP contribution in [0.25, 0.3) is 0 Å². The maximum atomic E-state index is 12.5. The second kappa shape index (κ2) is 9.67. The number of nitrogens with one attached hydrogen (secondary N) is 1. The first kappa shape index (κ1) is 23.3. The summed E-state index contributed by atoms with van der Waals surface area (Å²) in [6, 6.07) is 5.44. The second-order valence-corrected chi connectivity index (χ2v) is 7.85. The van der Waals surface area contributed by atoms with E-state index in [9.17, 15) is 14.7 Å². The number of amides is 1. The summed E-state index contributed by atoms with van der Waals surface area (Å²) in [5.74, 6) is 0.658. The minimum absolute atomic E-state index is 0. The SMILES string of the molecule is CCOc1ccc(C(C)NC(=O)CN2C[C@@H]3CCC[C@@]3(C(=O)O)C2)cc1OC.Cl. The molecule has 7 nitrogen and oxygen atoms in total. The number of halogens is 1. The molecule has 29 heavy (non-hydrogen) atoms. The van der Waals surface area contributed by atoms with Gasteiger partial charge in [-0.15, -0.1) is 12.4 Å². The molecular formula is C21H31ClN2O5. The number of carboxylic acids is 1. The van der Waals surface area contributed by atoms with Crippen molar-refractivity contribution in [3.63, 3.8) is 0 Å². The van der Waals surface area contributed by atoms with E-state index in [2.05, 4.69) is 5.32 Å². The second-order valence-electron chi connectivity index (χ2n) is 7.85. The van der Waals surface area contributed by atoms with Crippen LogP contribution in [-0.4, -0.2) is 55.2 Å². The minimum atomic E-state index is -0.715. The molecule has 162 valence electrons. The highest BCUT2D eigenvalue weighted by atomic mass is 35.5. The lowest BCUT2D eigenvalue weighted by molar-refractivity contribution is -0.149. The standard InChI is InChI=1S/C21H30N2O5.ClH/c1-4-28-17-8-7-15(10-18(17)27-3)14(2)22-19(24)12-23-11-16-6-5-9-21(16,13-23)20(25)26;/h7-8,10,14,16H,4-6,9,11-13H2,1-3H3,(H,22,24)(H,25,26);1H/t14?,16-,21+;/m0./s1. The topological polar surface area (TPSA) is 88.1 Å². The van der Waals surface area contributed by atoms with Crippen molar-refractivity contribution in [2.75, 3.05) is 33.4 Å². The first-order valence-electron chi connectivity index (χ1n) is 9.95. The molecule has 1 aromatic carbocycles. The van der Waals surface area contributed by atoms with E-state index >= 15 is 0 Å². The van der Waals surface area contributed by atoms with Gasteiger partial charge in [0.2, 0.25) is 5.91 Å². The van der Waals surface area contributed by atoms with Crippen molar-refractivity contribution in [3.05, 3.63) is 23.8 Å². The maximum absolute atomic E-state index is 12.5. The summed E-state index contributed by atoms with van der Waals surface area (Å²) in [5.41, 5.74) is 0.267. The molecule has 3 rings (SSSR count). The summed E-state index contributed by atoms with van der Waals surface area (Å²) in [7, 11) is 1.59. The molecule has 2 aliphatic rings. The molecule has 1 aliphatic heterocycles. The van der Waals surface area contributed by atoms with Crippen LogP contribution in [0.1, 0.15) is 44.7 Å². The van der Waals surface area contributed by atoms with Crippen molar-refractivity contribution in [2.45, 2.75) is 39.2 Å². The summed E-state index contributed by atoms with van der Waals surface area (Å²) in [6.45, 7) is 5.76. The Morgan fingerprint density at radius 1 is 1.38 bits per heavy atom. The zero-order valence-electron chi connectivity index (χ0n) is 17.3. The van der Waals surface area contributed by atoms with Gasteiger partial charge < -0.3 is 19.9 Å². The van der Waals surface area contributed by atoms with E-state index in [1.807, 2.05) is 36.9 Å². The predicted octanol–water partition coefficient (Wildman–Crippen LogP) is 2.88. The third-order valence-electron chi connectivity index (χ3n) is 6.10. The van der Waals surface area contributed by atoms with Crippen LogP contribution in [0.3, 0.4) is 0 Å². The average Bonchev–Trinajstić information content (AvgIpc) is 3.20. The number of likely N-dealkylation sites (tertiary alicyclic amines) is 1. The normalized spacial score (nSPS) is 24.3. The molecule has 1 aliphatic carbocycles. The van der Waals surface area contributed by atoms with Crippen molar-refractivity contribution in [1.82, 2.24) is 10.2 Å². The molecular weight excluding hydrogens is 396 g/mol. The Bertz CT molecular complexity index is 744. The highest BCUT2D eigenvalue weighted by Gasteiger charge is 2.54. The molecule has 1 heterocycles. The van der Waals surface area contributed by atoms with E-state index in [0.717, 1.165) is 18.4 Å². The molecule has 0 spiro atoms. The zero-order chi connectivity index (χ0) is 20.3. The van der Waals surface area contributed by atoms with Gasteiger partial charge >= 0.3 is 5.97 Å². The Labute approximate surface area is 178 Å². The Morgan fingerprint density at radius 2 is 2.14 bits per heavy atom. The number of nitrogens with zero attached hydrogens (tertiary/aromatic N) is 1. The van der Waals surface area contributed by atoms with Gasteiger partial charge in [0.05, 0.1) is 31.7 Å². The predicted molar refractivity (Wildman–Crippen MR) is 112 cm³/mol. The molecule has 1 aromatic rings. The third kappa shape index (κ3) is 4.78. The van der Waals surface area contributed by atoms with Gasteiger partial charge in [0.15, 0.2) is 11.5 Å². The summed E-state index contributed by atoms with van der Waals surface area (Å²) in [6.07, 6.45) is 2.62. The molecule has 1 amide bonds. The van der Waals surface area contributed by atoms with Crippen molar-refractivity contribution in [3.8, 4) is 11.5 Å². The van der Waals surface area contributed by atoms with E-state index in [1.165, 1.54) is 0 Å². The van der Waals surface area contributed by atoms with Crippen LogP contribution in [0.4, 0.5) is 0 Å². The van der Waals surface area contributed by atoms with Crippen LogP contribution < -0.4 is 14.8 Å². The maximum Gasteiger partial charge on any atom is 0.311 e. The number of ether oxygens (including phenoxy) is 2. The highest BCUT2D eigenvalue weighted by molar-refractivity contribution is 5.85. The van der Waals surface area contributed by atoms with E-state index in [4.69, 9.17) is 9.47 Å². The fraction of sp³-hybridized carbons (Fsp3) is 0.619. The van der Waals surface area contributed by atoms with Gasteiger partial charge in [0.1, 0.15) is 0 Å². The summed E-state index contributed by atoms with van der Waals surface area (Å²) >= 11 is 0. The van der Waals surface area contributed by atoms with Gasteiger partial charge in [-0.2, -0.15) is 0 Å². The van der Waals surface area contributed by atoms with Crippen LogP contribution in [-0.2, 0) is 9.59 Å². The van der Waals surface area contributed by atoms with E-state index in [-0.39, 0.29) is 36.8 Å². The number of rotatable bonds is 8. The molecule has 0 bridgehead atoms. The Hall–Kier alpha value is -1.99. The average molecular weight is 427 g/mol.